The zero-order valence-electron chi connectivity index (χ0n) is 10.3. The van der Waals surface area contributed by atoms with E-state index >= 15 is 0 Å². The number of carbonyl (C=O) groups is 1. The van der Waals surface area contributed by atoms with E-state index in [9.17, 15) is 9.90 Å². The smallest absolute Gasteiger partial charge is 0.273 e. The number of ether oxygens (including phenoxy) is 1. The first-order valence-corrected chi connectivity index (χ1v) is 5.90. The maximum absolute atomic E-state index is 12.3. The molecule has 1 aliphatic rings. The molecule has 0 spiro atoms. The van der Waals surface area contributed by atoms with Gasteiger partial charge >= 0.3 is 0 Å². The SMILES string of the molecule is CNc1cccc(C(=O)N2CCOCC2CO)n1. The van der Waals surface area contributed by atoms with Gasteiger partial charge in [0.25, 0.3) is 5.91 Å². The molecule has 1 fully saturated rings. The van der Waals surface area contributed by atoms with Gasteiger partial charge in [0.05, 0.1) is 25.9 Å². The van der Waals surface area contributed by atoms with Gasteiger partial charge in [-0.2, -0.15) is 0 Å². The highest BCUT2D eigenvalue weighted by Gasteiger charge is 2.28. The average molecular weight is 251 g/mol. The fourth-order valence-electron chi connectivity index (χ4n) is 1.91. The van der Waals surface area contributed by atoms with Crippen LogP contribution in [0, 0.1) is 0 Å². The summed E-state index contributed by atoms with van der Waals surface area (Å²) < 4.78 is 5.25. The molecule has 6 nitrogen and oxygen atoms in total. The van der Waals surface area contributed by atoms with E-state index in [1.54, 1.807) is 30.1 Å². The van der Waals surface area contributed by atoms with Crippen LogP contribution in [0.2, 0.25) is 0 Å². The zero-order chi connectivity index (χ0) is 13.0. The summed E-state index contributed by atoms with van der Waals surface area (Å²) in [6, 6.07) is 4.96. The Morgan fingerprint density at radius 2 is 2.50 bits per heavy atom. The Labute approximate surface area is 106 Å². The van der Waals surface area contributed by atoms with E-state index in [2.05, 4.69) is 10.3 Å². The van der Waals surface area contributed by atoms with Crippen molar-refractivity contribution in [2.24, 2.45) is 0 Å². The Bertz CT molecular complexity index is 425. The van der Waals surface area contributed by atoms with Crippen LogP contribution in [0.25, 0.3) is 0 Å². The number of rotatable bonds is 3. The van der Waals surface area contributed by atoms with Crippen LogP contribution in [0.3, 0.4) is 0 Å². The molecule has 1 aliphatic heterocycles. The Balaban J connectivity index is 2.18. The van der Waals surface area contributed by atoms with Gasteiger partial charge in [-0.3, -0.25) is 4.79 Å². The minimum absolute atomic E-state index is 0.0997. The highest BCUT2D eigenvalue weighted by atomic mass is 16.5. The lowest BCUT2D eigenvalue weighted by molar-refractivity contribution is -0.0186. The van der Waals surface area contributed by atoms with Crippen molar-refractivity contribution in [2.45, 2.75) is 6.04 Å². The third-order valence-electron chi connectivity index (χ3n) is 2.92. The Morgan fingerprint density at radius 1 is 1.67 bits per heavy atom. The molecule has 0 aromatic carbocycles. The number of pyridine rings is 1. The predicted octanol–water partition coefficient (Wildman–Crippen LogP) is -0.0434. The first-order valence-electron chi connectivity index (χ1n) is 5.90. The van der Waals surface area contributed by atoms with Crippen molar-refractivity contribution in [2.75, 3.05) is 38.7 Å². The Hall–Kier alpha value is -1.66. The summed E-state index contributed by atoms with van der Waals surface area (Å²) in [5.41, 5.74) is 0.377. The van der Waals surface area contributed by atoms with Crippen LogP contribution in [-0.2, 0) is 4.74 Å². The van der Waals surface area contributed by atoms with Crippen LogP contribution in [0.5, 0.6) is 0 Å². The van der Waals surface area contributed by atoms with E-state index in [1.165, 1.54) is 0 Å². The molecule has 2 N–H and O–H groups in total. The van der Waals surface area contributed by atoms with Crippen molar-refractivity contribution in [3.05, 3.63) is 23.9 Å². The number of aliphatic hydroxyl groups is 1. The monoisotopic (exact) mass is 251 g/mol. The third kappa shape index (κ3) is 2.60. The molecule has 1 amide bonds. The van der Waals surface area contributed by atoms with Gasteiger partial charge in [0.1, 0.15) is 11.5 Å². The summed E-state index contributed by atoms with van der Waals surface area (Å²) in [5.74, 6) is 0.476. The van der Waals surface area contributed by atoms with Crippen LogP contribution in [0.1, 0.15) is 10.5 Å². The number of carbonyl (C=O) groups excluding carboxylic acids is 1. The molecular formula is C12H17N3O3. The van der Waals surface area contributed by atoms with Crippen LogP contribution < -0.4 is 5.32 Å². The number of nitrogens with one attached hydrogen (secondary N) is 1. The molecule has 1 atom stereocenters. The summed E-state index contributed by atoms with van der Waals surface area (Å²) in [4.78, 5) is 18.1. The van der Waals surface area contributed by atoms with Crippen LogP contribution in [0.15, 0.2) is 18.2 Å². The first kappa shape index (κ1) is 12.8. The fraction of sp³-hybridized carbons (Fsp3) is 0.500. The lowest BCUT2D eigenvalue weighted by Crippen LogP contribution is -2.50. The molecule has 2 rings (SSSR count). The minimum atomic E-state index is -0.286. The molecule has 0 radical (unpaired) electrons. The van der Waals surface area contributed by atoms with E-state index in [0.29, 0.717) is 31.3 Å². The number of nitrogens with zero attached hydrogens (tertiary/aromatic N) is 2. The van der Waals surface area contributed by atoms with E-state index in [-0.39, 0.29) is 18.6 Å². The highest BCUT2D eigenvalue weighted by molar-refractivity contribution is 5.93. The Morgan fingerprint density at radius 3 is 3.22 bits per heavy atom. The van der Waals surface area contributed by atoms with Crippen molar-refractivity contribution in [1.29, 1.82) is 0 Å². The molecule has 0 aliphatic carbocycles. The molecule has 2 heterocycles. The van der Waals surface area contributed by atoms with E-state index in [4.69, 9.17) is 4.74 Å². The second-order valence-electron chi connectivity index (χ2n) is 4.07. The minimum Gasteiger partial charge on any atom is -0.394 e. The average Bonchev–Trinajstić information content (AvgIpc) is 2.46. The van der Waals surface area contributed by atoms with E-state index in [1.807, 2.05) is 0 Å². The molecule has 1 aromatic heterocycles. The lowest BCUT2D eigenvalue weighted by atomic mass is 10.2. The second-order valence-corrected chi connectivity index (χ2v) is 4.07. The molecule has 1 aromatic rings. The lowest BCUT2D eigenvalue weighted by Gasteiger charge is -2.34. The van der Waals surface area contributed by atoms with Crippen LogP contribution >= 0.6 is 0 Å². The van der Waals surface area contributed by atoms with Crippen molar-refractivity contribution in [1.82, 2.24) is 9.88 Å². The second kappa shape index (κ2) is 5.79. The summed E-state index contributed by atoms with van der Waals surface area (Å²) in [6.07, 6.45) is 0. The molecule has 1 saturated heterocycles. The summed E-state index contributed by atoms with van der Waals surface area (Å²) in [7, 11) is 1.75. The quantitative estimate of drug-likeness (QED) is 0.788. The highest BCUT2D eigenvalue weighted by Crippen LogP contribution is 2.12. The van der Waals surface area contributed by atoms with Gasteiger partial charge in [0.15, 0.2) is 0 Å². The van der Waals surface area contributed by atoms with E-state index < -0.39 is 0 Å². The van der Waals surface area contributed by atoms with Crippen LogP contribution in [-0.4, -0.2) is 60.4 Å². The van der Waals surface area contributed by atoms with Crippen molar-refractivity contribution in [3.8, 4) is 0 Å². The Kier molecular flexibility index (Phi) is 4.11. The maximum atomic E-state index is 12.3. The molecular weight excluding hydrogens is 234 g/mol. The molecule has 1 unspecified atom stereocenters. The maximum Gasteiger partial charge on any atom is 0.273 e. The molecule has 18 heavy (non-hydrogen) atoms. The molecule has 0 saturated carbocycles. The van der Waals surface area contributed by atoms with Gasteiger partial charge in [-0.25, -0.2) is 4.98 Å². The van der Waals surface area contributed by atoms with Crippen LogP contribution in [0.4, 0.5) is 5.82 Å². The number of hydrogen-bond acceptors (Lipinski definition) is 5. The third-order valence-corrected chi connectivity index (χ3v) is 2.92. The normalized spacial score (nSPS) is 19.7. The largest absolute Gasteiger partial charge is 0.394 e. The first-order chi connectivity index (χ1) is 8.76. The summed E-state index contributed by atoms with van der Waals surface area (Å²) >= 11 is 0. The number of morpholine rings is 1. The standard InChI is InChI=1S/C12H17N3O3/c1-13-11-4-2-3-10(14-11)12(17)15-5-6-18-8-9(15)7-16/h2-4,9,16H,5-8H2,1H3,(H,13,14). The topological polar surface area (TPSA) is 74.7 Å². The van der Waals surface area contributed by atoms with Crippen molar-refractivity contribution >= 4 is 11.7 Å². The number of anilines is 1. The van der Waals surface area contributed by atoms with Gasteiger partial charge < -0.3 is 20.1 Å². The van der Waals surface area contributed by atoms with E-state index in [0.717, 1.165) is 0 Å². The van der Waals surface area contributed by atoms with Crippen molar-refractivity contribution in [3.63, 3.8) is 0 Å². The number of amides is 1. The fourth-order valence-corrected chi connectivity index (χ4v) is 1.91. The number of aromatic nitrogens is 1. The van der Waals surface area contributed by atoms with Gasteiger partial charge in [-0.1, -0.05) is 6.07 Å². The zero-order valence-corrected chi connectivity index (χ0v) is 10.3. The molecule has 98 valence electrons. The molecule has 6 heteroatoms. The summed E-state index contributed by atoms with van der Waals surface area (Å²) in [5, 5.41) is 12.1. The van der Waals surface area contributed by atoms with Gasteiger partial charge in [0.2, 0.25) is 0 Å². The summed E-state index contributed by atoms with van der Waals surface area (Å²) in [6.45, 7) is 1.24. The predicted molar refractivity (Wildman–Crippen MR) is 66.5 cm³/mol. The van der Waals surface area contributed by atoms with Gasteiger partial charge in [-0.15, -0.1) is 0 Å². The van der Waals surface area contributed by atoms with Gasteiger partial charge in [-0.05, 0) is 12.1 Å². The van der Waals surface area contributed by atoms with Gasteiger partial charge in [0, 0.05) is 13.6 Å². The number of hydrogen-bond donors (Lipinski definition) is 2. The molecule has 0 bridgehead atoms. The number of aliphatic hydroxyl groups excluding tert-OH is 1. The van der Waals surface area contributed by atoms with Crippen molar-refractivity contribution < 1.29 is 14.6 Å².